The van der Waals surface area contributed by atoms with Gasteiger partial charge < -0.3 is 19.9 Å². The average Bonchev–Trinajstić information content (AvgIpc) is 2.82. The lowest BCUT2D eigenvalue weighted by Gasteiger charge is -2.25. The normalized spacial score (nSPS) is 23.7. The van der Waals surface area contributed by atoms with Crippen LogP contribution in [0.2, 0.25) is 0 Å². The standard InChI is InChI=1S/C15H33N3O/c1-5-16-12-14-8-9-15(19-14)13-18(6-2)11-7-10-17(3)4/h14-16H,5-13H2,1-4H3. The van der Waals surface area contributed by atoms with Crippen molar-refractivity contribution in [1.29, 1.82) is 0 Å². The zero-order valence-corrected chi connectivity index (χ0v) is 13.3. The summed E-state index contributed by atoms with van der Waals surface area (Å²) in [6.45, 7) is 11.0. The number of rotatable bonds is 10. The fourth-order valence-electron chi connectivity index (χ4n) is 2.65. The third kappa shape index (κ3) is 7.25. The minimum Gasteiger partial charge on any atom is -0.372 e. The van der Waals surface area contributed by atoms with Gasteiger partial charge in [-0.15, -0.1) is 0 Å². The first-order valence-electron chi connectivity index (χ1n) is 7.89. The molecule has 19 heavy (non-hydrogen) atoms. The van der Waals surface area contributed by atoms with E-state index in [0.29, 0.717) is 12.2 Å². The van der Waals surface area contributed by atoms with Crippen molar-refractivity contribution in [2.24, 2.45) is 0 Å². The second kappa shape index (κ2) is 9.70. The van der Waals surface area contributed by atoms with Crippen molar-refractivity contribution in [2.45, 2.75) is 45.3 Å². The molecule has 0 aromatic heterocycles. The van der Waals surface area contributed by atoms with E-state index in [9.17, 15) is 0 Å². The molecule has 2 unspecified atom stereocenters. The van der Waals surface area contributed by atoms with Crippen molar-refractivity contribution in [1.82, 2.24) is 15.1 Å². The highest BCUT2D eigenvalue weighted by atomic mass is 16.5. The third-order valence-electron chi connectivity index (χ3n) is 3.81. The fraction of sp³-hybridized carbons (Fsp3) is 1.00. The molecule has 0 aromatic rings. The van der Waals surface area contributed by atoms with Crippen LogP contribution in [-0.2, 0) is 4.74 Å². The summed E-state index contributed by atoms with van der Waals surface area (Å²) in [5.41, 5.74) is 0. The molecule has 4 heteroatoms. The fourth-order valence-corrected chi connectivity index (χ4v) is 2.65. The van der Waals surface area contributed by atoms with Crippen molar-refractivity contribution in [2.75, 3.05) is 53.4 Å². The molecule has 0 bridgehead atoms. The SMILES string of the molecule is CCNCC1CCC(CN(CC)CCCN(C)C)O1. The second-order valence-electron chi connectivity index (χ2n) is 5.82. The quantitative estimate of drug-likeness (QED) is 0.650. The van der Waals surface area contributed by atoms with E-state index in [-0.39, 0.29) is 0 Å². The number of nitrogens with one attached hydrogen (secondary N) is 1. The Morgan fingerprint density at radius 1 is 1.11 bits per heavy atom. The van der Waals surface area contributed by atoms with Gasteiger partial charge >= 0.3 is 0 Å². The van der Waals surface area contributed by atoms with Gasteiger partial charge in [-0.3, -0.25) is 0 Å². The van der Waals surface area contributed by atoms with Crippen molar-refractivity contribution < 1.29 is 4.74 Å². The Bertz CT molecular complexity index is 223. The largest absolute Gasteiger partial charge is 0.372 e. The van der Waals surface area contributed by atoms with Crippen LogP contribution in [0, 0.1) is 0 Å². The van der Waals surface area contributed by atoms with Gasteiger partial charge in [0.25, 0.3) is 0 Å². The van der Waals surface area contributed by atoms with Crippen molar-refractivity contribution in [3.8, 4) is 0 Å². The van der Waals surface area contributed by atoms with E-state index in [4.69, 9.17) is 4.74 Å². The molecule has 1 fully saturated rings. The van der Waals surface area contributed by atoms with E-state index in [1.807, 2.05) is 0 Å². The van der Waals surface area contributed by atoms with Gasteiger partial charge in [0.15, 0.2) is 0 Å². The van der Waals surface area contributed by atoms with Crippen molar-refractivity contribution in [3.63, 3.8) is 0 Å². The smallest absolute Gasteiger partial charge is 0.0707 e. The maximum Gasteiger partial charge on any atom is 0.0707 e. The van der Waals surface area contributed by atoms with Crippen LogP contribution >= 0.6 is 0 Å². The molecule has 1 aliphatic heterocycles. The molecule has 1 saturated heterocycles. The first kappa shape index (κ1) is 16.9. The third-order valence-corrected chi connectivity index (χ3v) is 3.81. The molecule has 4 nitrogen and oxygen atoms in total. The van der Waals surface area contributed by atoms with Gasteiger partial charge in [0.2, 0.25) is 0 Å². The molecule has 0 radical (unpaired) electrons. The van der Waals surface area contributed by atoms with Gasteiger partial charge in [0.1, 0.15) is 0 Å². The maximum absolute atomic E-state index is 6.11. The summed E-state index contributed by atoms with van der Waals surface area (Å²) in [5.74, 6) is 0. The predicted octanol–water partition coefficient (Wildman–Crippen LogP) is 1.42. The van der Waals surface area contributed by atoms with Crippen LogP contribution in [0.3, 0.4) is 0 Å². The van der Waals surface area contributed by atoms with E-state index in [0.717, 1.165) is 26.2 Å². The Morgan fingerprint density at radius 3 is 2.47 bits per heavy atom. The van der Waals surface area contributed by atoms with E-state index in [1.54, 1.807) is 0 Å². The van der Waals surface area contributed by atoms with Crippen LogP contribution in [0.25, 0.3) is 0 Å². The summed E-state index contributed by atoms with van der Waals surface area (Å²) in [6.07, 6.45) is 4.56. The molecular weight excluding hydrogens is 238 g/mol. The van der Waals surface area contributed by atoms with E-state index >= 15 is 0 Å². The number of nitrogens with zero attached hydrogens (tertiary/aromatic N) is 2. The Morgan fingerprint density at radius 2 is 1.84 bits per heavy atom. The predicted molar refractivity (Wildman–Crippen MR) is 81.7 cm³/mol. The minimum atomic E-state index is 0.436. The lowest BCUT2D eigenvalue weighted by Crippen LogP contribution is -2.35. The van der Waals surface area contributed by atoms with Gasteiger partial charge in [-0.1, -0.05) is 13.8 Å². The van der Waals surface area contributed by atoms with E-state index < -0.39 is 0 Å². The molecule has 0 saturated carbocycles. The Hall–Kier alpha value is -0.160. The number of ether oxygens (including phenoxy) is 1. The highest BCUT2D eigenvalue weighted by molar-refractivity contribution is 4.77. The summed E-state index contributed by atoms with van der Waals surface area (Å²) in [5, 5.41) is 3.38. The zero-order chi connectivity index (χ0) is 14.1. The number of likely N-dealkylation sites (N-methyl/N-ethyl adjacent to an activating group) is 2. The van der Waals surface area contributed by atoms with Gasteiger partial charge in [-0.2, -0.15) is 0 Å². The topological polar surface area (TPSA) is 27.7 Å². The first-order valence-corrected chi connectivity index (χ1v) is 7.89. The first-order chi connectivity index (χ1) is 9.15. The average molecular weight is 271 g/mol. The minimum absolute atomic E-state index is 0.436. The molecule has 0 aliphatic carbocycles. The summed E-state index contributed by atoms with van der Waals surface area (Å²) in [7, 11) is 4.28. The second-order valence-corrected chi connectivity index (χ2v) is 5.82. The highest BCUT2D eigenvalue weighted by Gasteiger charge is 2.25. The summed E-state index contributed by atoms with van der Waals surface area (Å²) < 4.78 is 6.11. The van der Waals surface area contributed by atoms with Crippen LogP contribution in [-0.4, -0.2) is 75.4 Å². The van der Waals surface area contributed by atoms with Crippen LogP contribution in [0.15, 0.2) is 0 Å². The summed E-state index contributed by atoms with van der Waals surface area (Å²) >= 11 is 0. The molecular formula is C15H33N3O. The Kier molecular flexibility index (Phi) is 8.62. The Balaban J connectivity index is 2.17. The molecule has 114 valence electrons. The highest BCUT2D eigenvalue weighted by Crippen LogP contribution is 2.20. The number of hydrogen-bond acceptors (Lipinski definition) is 4. The Labute approximate surface area is 119 Å². The van der Waals surface area contributed by atoms with Gasteiger partial charge in [0.05, 0.1) is 12.2 Å². The van der Waals surface area contributed by atoms with Gasteiger partial charge in [0, 0.05) is 13.1 Å². The molecule has 1 heterocycles. The summed E-state index contributed by atoms with van der Waals surface area (Å²) in [6, 6.07) is 0. The van der Waals surface area contributed by atoms with Crippen LogP contribution < -0.4 is 5.32 Å². The molecule has 1 aliphatic rings. The summed E-state index contributed by atoms with van der Waals surface area (Å²) in [4.78, 5) is 4.79. The molecule has 2 atom stereocenters. The van der Waals surface area contributed by atoms with Gasteiger partial charge in [-0.05, 0) is 59.5 Å². The zero-order valence-electron chi connectivity index (χ0n) is 13.3. The number of hydrogen-bond donors (Lipinski definition) is 1. The van der Waals surface area contributed by atoms with Crippen LogP contribution in [0.4, 0.5) is 0 Å². The van der Waals surface area contributed by atoms with E-state index in [1.165, 1.54) is 32.4 Å². The monoisotopic (exact) mass is 271 g/mol. The molecule has 0 aromatic carbocycles. The molecule has 1 N–H and O–H groups in total. The van der Waals surface area contributed by atoms with E-state index in [2.05, 4.69) is 43.1 Å². The van der Waals surface area contributed by atoms with Crippen molar-refractivity contribution >= 4 is 0 Å². The lowest BCUT2D eigenvalue weighted by atomic mass is 10.2. The molecule has 0 spiro atoms. The van der Waals surface area contributed by atoms with Crippen LogP contribution in [0.1, 0.15) is 33.1 Å². The molecule has 1 rings (SSSR count). The maximum atomic E-state index is 6.11. The van der Waals surface area contributed by atoms with Gasteiger partial charge in [-0.25, -0.2) is 0 Å². The van der Waals surface area contributed by atoms with Crippen LogP contribution in [0.5, 0.6) is 0 Å². The lowest BCUT2D eigenvalue weighted by molar-refractivity contribution is 0.0240. The van der Waals surface area contributed by atoms with Crippen molar-refractivity contribution in [3.05, 3.63) is 0 Å². The molecule has 0 amide bonds.